The summed E-state index contributed by atoms with van der Waals surface area (Å²) in [4.78, 5) is 21.7. The highest BCUT2D eigenvalue weighted by Crippen LogP contribution is 2.33. The Hall–Kier alpha value is -2.86. The van der Waals surface area contributed by atoms with Crippen LogP contribution in [0.2, 0.25) is 0 Å². The van der Waals surface area contributed by atoms with Crippen molar-refractivity contribution in [3.05, 3.63) is 59.4 Å². The van der Waals surface area contributed by atoms with E-state index in [0.717, 1.165) is 45.5 Å². The van der Waals surface area contributed by atoms with E-state index in [0.29, 0.717) is 10.6 Å². The average Bonchev–Trinajstić information content (AvgIpc) is 3.08. The van der Waals surface area contributed by atoms with E-state index in [1.54, 1.807) is 0 Å². The monoisotopic (exact) mass is 391 g/mol. The number of thioether (sulfide) groups is 1. The lowest BCUT2D eigenvalue weighted by molar-refractivity contribution is -0.113. The summed E-state index contributed by atoms with van der Waals surface area (Å²) >= 11 is 1.38. The molecule has 28 heavy (non-hydrogen) atoms. The number of fused-ring (bicyclic) bond motifs is 3. The van der Waals surface area contributed by atoms with E-state index in [9.17, 15) is 4.79 Å². The van der Waals surface area contributed by atoms with Crippen molar-refractivity contribution in [2.24, 2.45) is 0 Å². The molecule has 4 aromatic rings. The highest BCUT2D eigenvalue weighted by molar-refractivity contribution is 8.00. The molecule has 0 atom stereocenters. The third-order valence-electron chi connectivity index (χ3n) is 4.77. The third kappa shape index (κ3) is 3.47. The molecule has 0 aliphatic rings. The summed E-state index contributed by atoms with van der Waals surface area (Å²) in [5.74, 6) is 0.927. The summed E-state index contributed by atoms with van der Waals surface area (Å²) in [6.45, 7) is 6.06. The Morgan fingerprint density at radius 1 is 1.11 bits per heavy atom. The van der Waals surface area contributed by atoms with Gasteiger partial charge in [-0.1, -0.05) is 43.0 Å². The molecule has 0 saturated heterocycles. The van der Waals surface area contributed by atoms with Gasteiger partial charge in [-0.3, -0.25) is 4.79 Å². The van der Waals surface area contributed by atoms with Crippen LogP contribution < -0.4 is 5.32 Å². The van der Waals surface area contributed by atoms with Crippen molar-refractivity contribution >= 4 is 45.4 Å². The van der Waals surface area contributed by atoms with E-state index in [1.165, 1.54) is 11.8 Å². The van der Waals surface area contributed by atoms with Gasteiger partial charge in [-0.2, -0.15) is 0 Å². The first kappa shape index (κ1) is 18.5. The standard InChI is InChI=1S/C22H21N3O2S/c1-4-18-24-20-15-9-5-6-11-17(15)27-21(20)22(25-18)28-12-19(26)23-16-10-7-8-13(2)14(16)3/h5-11H,4,12H2,1-3H3,(H,23,26). The normalized spacial score (nSPS) is 11.2. The van der Waals surface area contributed by atoms with E-state index < -0.39 is 0 Å². The Morgan fingerprint density at radius 3 is 2.75 bits per heavy atom. The second-order valence-electron chi connectivity index (χ2n) is 6.66. The smallest absolute Gasteiger partial charge is 0.234 e. The molecule has 0 bridgehead atoms. The number of anilines is 1. The summed E-state index contributed by atoms with van der Waals surface area (Å²) in [6, 6.07) is 13.7. The zero-order valence-electron chi connectivity index (χ0n) is 16.1. The van der Waals surface area contributed by atoms with Crippen molar-refractivity contribution in [1.82, 2.24) is 9.97 Å². The van der Waals surface area contributed by atoms with E-state index in [4.69, 9.17) is 4.42 Å². The molecule has 1 N–H and O–H groups in total. The first-order valence-corrected chi connectivity index (χ1v) is 10.2. The molecule has 2 heterocycles. The summed E-state index contributed by atoms with van der Waals surface area (Å²) in [5, 5.41) is 4.66. The molecule has 2 aromatic heterocycles. The summed E-state index contributed by atoms with van der Waals surface area (Å²) < 4.78 is 5.99. The SMILES string of the molecule is CCc1nc(SCC(=O)Nc2cccc(C)c2C)c2oc3ccccc3c2n1. The quantitative estimate of drug-likeness (QED) is 0.370. The molecule has 6 heteroatoms. The number of aromatic nitrogens is 2. The molecule has 1 amide bonds. The Labute approximate surface area is 167 Å². The lowest BCUT2D eigenvalue weighted by Crippen LogP contribution is -2.15. The van der Waals surface area contributed by atoms with Crippen LogP contribution in [0.5, 0.6) is 0 Å². The van der Waals surface area contributed by atoms with Crippen LogP contribution in [0.15, 0.2) is 51.9 Å². The van der Waals surface area contributed by atoms with E-state index in [1.807, 2.05) is 63.2 Å². The third-order valence-corrected chi connectivity index (χ3v) is 5.73. The zero-order valence-corrected chi connectivity index (χ0v) is 16.9. The number of hydrogen-bond donors (Lipinski definition) is 1. The Kier molecular flexibility index (Phi) is 5.05. The highest BCUT2D eigenvalue weighted by atomic mass is 32.2. The lowest BCUT2D eigenvalue weighted by Gasteiger charge is -2.10. The highest BCUT2D eigenvalue weighted by Gasteiger charge is 2.17. The van der Waals surface area contributed by atoms with E-state index >= 15 is 0 Å². The summed E-state index contributed by atoms with van der Waals surface area (Å²) in [5.41, 5.74) is 5.30. The number of furan rings is 1. The molecule has 0 aliphatic heterocycles. The van der Waals surface area contributed by atoms with Crippen molar-refractivity contribution in [3.63, 3.8) is 0 Å². The largest absolute Gasteiger partial charge is 0.451 e. The van der Waals surface area contributed by atoms with E-state index in [-0.39, 0.29) is 11.7 Å². The van der Waals surface area contributed by atoms with Gasteiger partial charge < -0.3 is 9.73 Å². The van der Waals surface area contributed by atoms with Gasteiger partial charge in [-0.05, 0) is 43.2 Å². The number of nitrogens with zero attached hydrogens (tertiary/aromatic N) is 2. The molecule has 2 aromatic carbocycles. The van der Waals surface area contributed by atoms with Crippen molar-refractivity contribution in [2.45, 2.75) is 32.2 Å². The van der Waals surface area contributed by atoms with Gasteiger partial charge in [0, 0.05) is 17.5 Å². The molecule has 142 valence electrons. The van der Waals surface area contributed by atoms with Gasteiger partial charge >= 0.3 is 0 Å². The minimum absolute atomic E-state index is 0.0698. The molecule has 0 saturated carbocycles. The second-order valence-corrected chi connectivity index (χ2v) is 7.62. The van der Waals surface area contributed by atoms with Crippen molar-refractivity contribution in [1.29, 1.82) is 0 Å². The number of aryl methyl sites for hydroxylation is 2. The molecule has 0 unspecified atom stereocenters. The number of benzene rings is 2. The number of rotatable bonds is 5. The summed E-state index contributed by atoms with van der Waals surface area (Å²) in [7, 11) is 0. The predicted molar refractivity (Wildman–Crippen MR) is 114 cm³/mol. The fourth-order valence-electron chi connectivity index (χ4n) is 3.07. The molecule has 0 spiro atoms. The van der Waals surface area contributed by atoms with Gasteiger partial charge in [0.05, 0.1) is 5.75 Å². The van der Waals surface area contributed by atoms with Crippen LogP contribution in [-0.4, -0.2) is 21.6 Å². The van der Waals surface area contributed by atoms with Gasteiger partial charge in [0.15, 0.2) is 5.58 Å². The summed E-state index contributed by atoms with van der Waals surface area (Å²) in [6.07, 6.45) is 0.720. The molecule has 0 aliphatic carbocycles. The van der Waals surface area contributed by atoms with Gasteiger partial charge in [-0.25, -0.2) is 9.97 Å². The maximum Gasteiger partial charge on any atom is 0.234 e. The van der Waals surface area contributed by atoms with Crippen LogP contribution in [0, 0.1) is 13.8 Å². The Bertz CT molecular complexity index is 1180. The molecule has 5 nitrogen and oxygen atoms in total. The zero-order chi connectivity index (χ0) is 19.7. The number of para-hydroxylation sites is 1. The van der Waals surface area contributed by atoms with Gasteiger partial charge in [0.1, 0.15) is 22.0 Å². The number of amides is 1. The molecule has 0 fully saturated rings. The number of nitrogens with one attached hydrogen (secondary N) is 1. The fourth-order valence-corrected chi connectivity index (χ4v) is 3.85. The van der Waals surface area contributed by atoms with Crippen molar-refractivity contribution in [2.75, 3.05) is 11.1 Å². The topological polar surface area (TPSA) is 68.0 Å². The van der Waals surface area contributed by atoms with Gasteiger partial charge in [-0.15, -0.1) is 0 Å². The van der Waals surface area contributed by atoms with Crippen LogP contribution in [0.4, 0.5) is 5.69 Å². The molecular weight excluding hydrogens is 370 g/mol. The Balaban J connectivity index is 1.60. The maximum atomic E-state index is 12.5. The average molecular weight is 391 g/mol. The minimum atomic E-state index is -0.0698. The Morgan fingerprint density at radius 2 is 1.93 bits per heavy atom. The number of carbonyl (C=O) groups excluding carboxylic acids is 1. The van der Waals surface area contributed by atoms with Crippen LogP contribution in [-0.2, 0) is 11.2 Å². The van der Waals surface area contributed by atoms with Crippen LogP contribution in [0.1, 0.15) is 23.9 Å². The van der Waals surface area contributed by atoms with Crippen LogP contribution in [0.25, 0.3) is 22.1 Å². The maximum absolute atomic E-state index is 12.5. The first-order chi connectivity index (χ1) is 13.6. The predicted octanol–water partition coefficient (Wildman–Crippen LogP) is 5.29. The number of carbonyl (C=O) groups is 1. The van der Waals surface area contributed by atoms with Crippen molar-refractivity contribution < 1.29 is 9.21 Å². The van der Waals surface area contributed by atoms with Crippen molar-refractivity contribution in [3.8, 4) is 0 Å². The molecule has 4 rings (SSSR count). The second kappa shape index (κ2) is 7.64. The van der Waals surface area contributed by atoms with Crippen LogP contribution >= 0.6 is 11.8 Å². The minimum Gasteiger partial charge on any atom is -0.451 e. The van der Waals surface area contributed by atoms with Gasteiger partial charge in [0.25, 0.3) is 0 Å². The fraction of sp³-hybridized carbons (Fsp3) is 0.227. The molecule has 0 radical (unpaired) electrons. The molecular formula is C22H21N3O2S. The van der Waals surface area contributed by atoms with Gasteiger partial charge in [0.2, 0.25) is 5.91 Å². The van der Waals surface area contributed by atoms with Crippen LogP contribution in [0.3, 0.4) is 0 Å². The first-order valence-electron chi connectivity index (χ1n) is 9.24. The van der Waals surface area contributed by atoms with E-state index in [2.05, 4.69) is 15.3 Å². The number of hydrogen-bond acceptors (Lipinski definition) is 5. The lowest BCUT2D eigenvalue weighted by atomic mass is 10.1.